The minimum Gasteiger partial charge on any atom is -0.494 e. The minimum atomic E-state index is -0.173. The smallest absolute Gasteiger partial charge is 0.230 e. The van der Waals surface area contributed by atoms with E-state index in [1.54, 1.807) is 0 Å². The van der Waals surface area contributed by atoms with Crippen molar-refractivity contribution in [3.63, 3.8) is 0 Å². The zero-order valence-corrected chi connectivity index (χ0v) is 20.8. The number of nitrogens with zero attached hydrogens (tertiary/aromatic N) is 4. The van der Waals surface area contributed by atoms with E-state index in [4.69, 9.17) is 15.2 Å². The van der Waals surface area contributed by atoms with Crippen LogP contribution in [0.3, 0.4) is 0 Å². The van der Waals surface area contributed by atoms with Crippen LogP contribution in [0.1, 0.15) is 12.5 Å². The van der Waals surface area contributed by atoms with E-state index in [1.807, 2.05) is 62.3 Å². The fourth-order valence-corrected chi connectivity index (χ4v) is 4.81. The van der Waals surface area contributed by atoms with Gasteiger partial charge in [0.2, 0.25) is 11.0 Å². The highest BCUT2D eigenvalue weighted by atomic mass is 32.1. The number of likely N-dealkylation sites (N-methyl/N-ethyl adjacent to an activating group) is 1. The van der Waals surface area contributed by atoms with Gasteiger partial charge in [0.1, 0.15) is 18.1 Å². The van der Waals surface area contributed by atoms with Crippen molar-refractivity contribution in [1.29, 1.82) is 0 Å². The third-order valence-corrected chi connectivity index (χ3v) is 6.52. The van der Waals surface area contributed by atoms with E-state index in [0.29, 0.717) is 34.2 Å². The van der Waals surface area contributed by atoms with Crippen LogP contribution in [0, 0.1) is 0 Å². The first-order valence-electron chi connectivity index (χ1n) is 10.7. The molecule has 0 spiro atoms. The molecule has 0 radical (unpaired) electrons. The molecule has 4 rings (SSSR count). The third kappa shape index (κ3) is 5.99. The lowest BCUT2D eigenvalue weighted by Gasteiger charge is -2.14. The molecule has 0 aliphatic rings. The fourth-order valence-electron chi connectivity index (χ4n) is 3.22. The van der Waals surface area contributed by atoms with Crippen LogP contribution < -0.4 is 20.5 Å². The molecule has 3 N–H and O–H groups in total. The molecule has 2 aromatic carbocycles. The van der Waals surface area contributed by atoms with E-state index in [2.05, 4.69) is 20.5 Å². The van der Waals surface area contributed by atoms with E-state index in [0.717, 1.165) is 33.6 Å². The molecule has 9 nitrogen and oxygen atoms in total. The fraction of sp³-hybridized carbons (Fsp3) is 0.304. The summed E-state index contributed by atoms with van der Waals surface area (Å²) in [6, 6.07) is 11.3. The standard InChI is InChI=1S/C23H26N6O3S2/c1-4-31-15-6-7-16(18(13-15)32-10-9-29(2)3)21-27-28-23(34-21)26-20(30)12-14-5-8-17-19(11-14)33-22(24)25-17/h5-8,11,13H,4,9-10,12H2,1-3H3,(H2,24,25)(H,26,28,30). The summed E-state index contributed by atoms with van der Waals surface area (Å²) in [4.78, 5) is 18.9. The lowest BCUT2D eigenvalue weighted by atomic mass is 10.1. The second-order valence-corrected chi connectivity index (χ2v) is 9.77. The average molecular weight is 499 g/mol. The number of carbonyl (C=O) groups is 1. The molecule has 0 aliphatic heterocycles. The number of thiazole rings is 1. The second kappa shape index (κ2) is 10.8. The van der Waals surface area contributed by atoms with Crippen LogP contribution in [-0.4, -0.2) is 59.8 Å². The van der Waals surface area contributed by atoms with Gasteiger partial charge >= 0.3 is 0 Å². The van der Waals surface area contributed by atoms with Gasteiger partial charge in [0, 0.05) is 12.6 Å². The number of amides is 1. The molecular formula is C23H26N6O3S2. The lowest BCUT2D eigenvalue weighted by molar-refractivity contribution is -0.115. The summed E-state index contributed by atoms with van der Waals surface area (Å²) in [5, 5.41) is 12.9. The summed E-state index contributed by atoms with van der Waals surface area (Å²) in [5.74, 6) is 1.22. The average Bonchev–Trinajstić information content (AvgIpc) is 3.39. The number of rotatable bonds is 10. The predicted octanol–water partition coefficient (Wildman–Crippen LogP) is 3.92. The normalized spacial score (nSPS) is 11.2. The zero-order chi connectivity index (χ0) is 24.1. The highest BCUT2D eigenvalue weighted by molar-refractivity contribution is 7.22. The summed E-state index contributed by atoms with van der Waals surface area (Å²) in [6.07, 6.45) is 0.213. The number of ether oxygens (including phenoxy) is 2. The Morgan fingerprint density at radius 3 is 2.76 bits per heavy atom. The zero-order valence-electron chi connectivity index (χ0n) is 19.2. The highest BCUT2D eigenvalue weighted by Gasteiger charge is 2.16. The van der Waals surface area contributed by atoms with Gasteiger partial charge in [-0.15, -0.1) is 10.2 Å². The van der Waals surface area contributed by atoms with Gasteiger partial charge in [-0.1, -0.05) is 28.7 Å². The van der Waals surface area contributed by atoms with Crippen molar-refractivity contribution >= 4 is 49.1 Å². The Balaban J connectivity index is 1.46. The molecule has 4 aromatic rings. The van der Waals surface area contributed by atoms with Gasteiger partial charge in [-0.3, -0.25) is 4.79 Å². The molecule has 0 bridgehead atoms. The van der Waals surface area contributed by atoms with Gasteiger partial charge in [-0.05, 0) is 50.8 Å². The first-order valence-corrected chi connectivity index (χ1v) is 12.4. The molecule has 0 saturated heterocycles. The maximum Gasteiger partial charge on any atom is 0.230 e. The number of fused-ring (bicyclic) bond motifs is 1. The number of nitrogens with two attached hydrogens (primary N) is 1. The van der Waals surface area contributed by atoms with Crippen molar-refractivity contribution in [3.05, 3.63) is 42.0 Å². The molecule has 2 heterocycles. The number of hydrogen-bond donors (Lipinski definition) is 2. The van der Waals surface area contributed by atoms with Crippen LogP contribution in [0.25, 0.3) is 20.8 Å². The van der Waals surface area contributed by atoms with Gasteiger partial charge in [0.05, 0.1) is 28.8 Å². The van der Waals surface area contributed by atoms with E-state index in [-0.39, 0.29) is 12.3 Å². The molecule has 1 amide bonds. The summed E-state index contributed by atoms with van der Waals surface area (Å²) in [5.41, 5.74) is 8.27. The van der Waals surface area contributed by atoms with Gasteiger partial charge in [-0.25, -0.2) is 4.98 Å². The number of benzene rings is 2. The quantitative estimate of drug-likeness (QED) is 0.338. The SMILES string of the molecule is CCOc1ccc(-c2nnc(NC(=O)Cc3ccc4nc(N)sc4c3)s2)c(OCCN(C)C)c1. The Kier molecular flexibility index (Phi) is 7.56. The number of nitrogens with one attached hydrogen (secondary N) is 1. The summed E-state index contributed by atoms with van der Waals surface area (Å²) in [6.45, 7) is 3.79. The number of nitrogen functional groups attached to an aromatic ring is 1. The summed E-state index contributed by atoms with van der Waals surface area (Å²) < 4.78 is 12.6. The number of hydrogen-bond acceptors (Lipinski definition) is 10. The van der Waals surface area contributed by atoms with Crippen LogP contribution >= 0.6 is 22.7 Å². The monoisotopic (exact) mass is 498 g/mol. The molecule has 178 valence electrons. The number of carbonyl (C=O) groups excluding carboxylic acids is 1. The number of anilines is 2. The van der Waals surface area contributed by atoms with Crippen LogP contribution in [0.2, 0.25) is 0 Å². The molecule has 0 fully saturated rings. The van der Waals surface area contributed by atoms with Gasteiger partial charge in [-0.2, -0.15) is 0 Å². The Bertz CT molecular complexity index is 1290. The molecule has 0 atom stereocenters. The largest absolute Gasteiger partial charge is 0.494 e. The molecule has 0 aliphatic carbocycles. The maximum absolute atomic E-state index is 12.6. The van der Waals surface area contributed by atoms with E-state index < -0.39 is 0 Å². The topological polar surface area (TPSA) is 115 Å². The van der Waals surface area contributed by atoms with Gasteiger partial charge < -0.3 is 25.4 Å². The maximum atomic E-state index is 12.6. The van der Waals surface area contributed by atoms with Gasteiger partial charge in [0.25, 0.3) is 0 Å². The van der Waals surface area contributed by atoms with Crippen molar-refractivity contribution in [2.75, 3.05) is 44.9 Å². The molecule has 0 saturated carbocycles. The molecule has 34 heavy (non-hydrogen) atoms. The van der Waals surface area contributed by atoms with E-state index in [9.17, 15) is 4.79 Å². The van der Waals surface area contributed by atoms with Crippen molar-refractivity contribution < 1.29 is 14.3 Å². The van der Waals surface area contributed by atoms with E-state index >= 15 is 0 Å². The molecular weight excluding hydrogens is 472 g/mol. The third-order valence-electron chi connectivity index (χ3n) is 4.80. The summed E-state index contributed by atoms with van der Waals surface area (Å²) in [7, 11) is 3.98. The van der Waals surface area contributed by atoms with Crippen LogP contribution in [-0.2, 0) is 11.2 Å². The second-order valence-electron chi connectivity index (χ2n) is 7.73. The Morgan fingerprint density at radius 1 is 1.12 bits per heavy atom. The van der Waals surface area contributed by atoms with Crippen LogP contribution in [0.4, 0.5) is 10.3 Å². The first kappa shape index (κ1) is 23.9. The minimum absolute atomic E-state index is 0.173. The summed E-state index contributed by atoms with van der Waals surface area (Å²) >= 11 is 2.70. The molecule has 2 aromatic heterocycles. The molecule has 11 heteroatoms. The Morgan fingerprint density at radius 2 is 1.97 bits per heavy atom. The van der Waals surface area contributed by atoms with Gasteiger partial charge in [0.15, 0.2) is 10.1 Å². The highest BCUT2D eigenvalue weighted by Crippen LogP contribution is 2.36. The lowest BCUT2D eigenvalue weighted by Crippen LogP contribution is -2.19. The van der Waals surface area contributed by atoms with E-state index in [1.165, 1.54) is 22.7 Å². The Labute approximate surface area is 205 Å². The van der Waals surface area contributed by atoms with Crippen LogP contribution in [0.15, 0.2) is 36.4 Å². The Hall–Kier alpha value is -3.28. The van der Waals surface area contributed by atoms with Crippen molar-refractivity contribution in [1.82, 2.24) is 20.1 Å². The van der Waals surface area contributed by atoms with Crippen LogP contribution in [0.5, 0.6) is 11.5 Å². The van der Waals surface area contributed by atoms with Crippen molar-refractivity contribution in [2.45, 2.75) is 13.3 Å². The molecule has 0 unspecified atom stereocenters. The predicted molar refractivity (Wildman–Crippen MR) is 137 cm³/mol. The van der Waals surface area contributed by atoms with Crippen molar-refractivity contribution in [3.8, 4) is 22.1 Å². The first-order chi connectivity index (χ1) is 16.4. The number of aromatic nitrogens is 3. The van der Waals surface area contributed by atoms with Crippen molar-refractivity contribution in [2.24, 2.45) is 0 Å².